The molecule has 0 radical (unpaired) electrons. The summed E-state index contributed by atoms with van der Waals surface area (Å²) in [5.74, 6) is 0.222. The summed E-state index contributed by atoms with van der Waals surface area (Å²) < 4.78 is 3.53. The van der Waals surface area contributed by atoms with Crippen molar-refractivity contribution < 1.29 is 4.79 Å². The van der Waals surface area contributed by atoms with Crippen LogP contribution in [0, 0.1) is 0 Å². The maximum Gasteiger partial charge on any atom is 0.283 e. The summed E-state index contributed by atoms with van der Waals surface area (Å²) in [5.41, 5.74) is 2.81. The number of hydrogen-bond acceptors (Lipinski definition) is 4. The number of para-hydroxylation sites is 2. The normalized spacial score (nSPS) is 14.8. The molecular formula is C25H26N4O2S. The zero-order chi connectivity index (χ0) is 22.1. The minimum Gasteiger partial charge on any atom is -0.353 e. The van der Waals surface area contributed by atoms with E-state index in [0.717, 1.165) is 29.4 Å². The molecule has 0 aliphatic heterocycles. The van der Waals surface area contributed by atoms with E-state index in [-0.39, 0.29) is 23.3 Å². The molecule has 1 N–H and O–H groups in total. The number of thioether (sulfide) groups is 1. The third-order valence-electron chi connectivity index (χ3n) is 6.20. The van der Waals surface area contributed by atoms with Gasteiger partial charge >= 0.3 is 0 Å². The van der Waals surface area contributed by atoms with Gasteiger partial charge in [-0.2, -0.15) is 0 Å². The zero-order valence-electron chi connectivity index (χ0n) is 18.1. The van der Waals surface area contributed by atoms with Gasteiger partial charge < -0.3 is 9.88 Å². The van der Waals surface area contributed by atoms with Crippen molar-refractivity contribution >= 4 is 39.6 Å². The van der Waals surface area contributed by atoms with Gasteiger partial charge in [0.1, 0.15) is 11.0 Å². The molecule has 1 saturated carbocycles. The number of benzene rings is 2. The first-order valence-corrected chi connectivity index (χ1v) is 12.1. The highest BCUT2D eigenvalue weighted by Gasteiger charge is 2.21. The fourth-order valence-corrected chi connectivity index (χ4v) is 5.43. The van der Waals surface area contributed by atoms with Crippen molar-refractivity contribution in [1.29, 1.82) is 0 Å². The Morgan fingerprint density at radius 1 is 1.06 bits per heavy atom. The van der Waals surface area contributed by atoms with Crippen molar-refractivity contribution in [3.8, 4) is 5.69 Å². The highest BCUT2D eigenvalue weighted by molar-refractivity contribution is 7.99. The van der Waals surface area contributed by atoms with E-state index in [2.05, 4.69) is 5.32 Å². The van der Waals surface area contributed by atoms with Crippen LogP contribution < -0.4 is 10.9 Å². The number of amides is 1. The van der Waals surface area contributed by atoms with E-state index >= 15 is 0 Å². The molecule has 32 heavy (non-hydrogen) atoms. The summed E-state index contributed by atoms with van der Waals surface area (Å²) in [6.45, 7) is 0. The van der Waals surface area contributed by atoms with Crippen LogP contribution in [0.1, 0.15) is 32.1 Å². The lowest BCUT2D eigenvalue weighted by Gasteiger charge is -2.22. The molecule has 164 valence electrons. The molecule has 2 aromatic heterocycles. The fourth-order valence-electron chi connectivity index (χ4n) is 4.62. The molecule has 6 nitrogen and oxygen atoms in total. The maximum absolute atomic E-state index is 13.7. The lowest BCUT2D eigenvalue weighted by atomic mass is 9.95. The number of nitrogens with one attached hydrogen (secondary N) is 1. The van der Waals surface area contributed by atoms with Crippen LogP contribution in [0.5, 0.6) is 0 Å². The topological polar surface area (TPSA) is 68.9 Å². The van der Waals surface area contributed by atoms with E-state index in [9.17, 15) is 9.59 Å². The SMILES string of the molecule is Cn1c2ccccc2c2nc(SCC(=O)NC3CCCCC3)n(-c3ccccc3)c(=O)c21. The minimum absolute atomic E-state index is 0.00576. The van der Waals surface area contributed by atoms with E-state index in [1.54, 1.807) is 4.57 Å². The van der Waals surface area contributed by atoms with Crippen LogP contribution in [-0.4, -0.2) is 31.8 Å². The van der Waals surface area contributed by atoms with Crippen molar-refractivity contribution in [2.75, 3.05) is 5.75 Å². The number of rotatable bonds is 5. The van der Waals surface area contributed by atoms with Crippen LogP contribution in [0.4, 0.5) is 0 Å². The van der Waals surface area contributed by atoms with Crippen LogP contribution in [0.3, 0.4) is 0 Å². The quantitative estimate of drug-likeness (QED) is 0.364. The molecule has 4 aromatic rings. The van der Waals surface area contributed by atoms with E-state index in [0.29, 0.717) is 16.2 Å². The van der Waals surface area contributed by atoms with Gasteiger partial charge in [0.05, 0.1) is 17.0 Å². The molecule has 0 atom stereocenters. The Morgan fingerprint density at radius 3 is 2.56 bits per heavy atom. The molecule has 1 aliphatic carbocycles. The molecule has 0 unspecified atom stereocenters. The second kappa shape index (κ2) is 8.82. The molecule has 1 amide bonds. The van der Waals surface area contributed by atoms with E-state index in [1.165, 1.54) is 31.0 Å². The monoisotopic (exact) mass is 446 g/mol. The predicted molar refractivity (Wildman–Crippen MR) is 130 cm³/mol. The maximum atomic E-state index is 13.7. The standard InChI is InChI=1S/C25H26N4O2S/c1-28-20-15-9-8-14-19(20)22-23(28)24(31)29(18-12-6-3-7-13-18)25(27-22)32-16-21(30)26-17-10-4-2-5-11-17/h3,6-9,12-15,17H,2,4-5,10-11,16H2,1H3,(H,26,30). The average molecular weight is 447 g/mol. The molecular weight excluding hydrogens is 420 g/mol. The number of nitrogens with zero attached hydrogens (tertiary/aromatic N) is 3. The molecule has 7 heteroatoms. The highest BCUT2D eigenvalue weighted by Crippen LogP contribution is 2.28. The Labute approximate surface area is 190 Å². The molecule has 5 rings (SSSR count). The van der Waals surface area contributed by atoms with Crippen LogP contribution in [-0.2, 0) is 11.8 Å². The van der Waals surface area contributed by atoms with Gasteiger partial charge in [0.2, 0.25) is 5.91 Å². The van der Waals surface area contributed by atoms with Crippen molar-refractivity contribution in [3.63, 3.8) is 0 Å². The third-order valence-corrected chi connectivity index (χ3v) is 7.14. The van der Waals surface area contributed by atoms with Gasteiger partial charge in [0.15, 0.2) is 5.16 Å². The molecule has 1 fully saturated rings. The van der Waals surface area contributed by atoms with Gasteiger partial charge in [0.25, 0.3) is 5.56 Å². The summed E-state index contributed by atoms with van der Waals surface area (Å²) in [7, 11) is 1.90. The second-order valence-corrected chi connectivity index (χ2v) is 9.28. The molecule has 2 aromatic carbocycles. The third kappa shape index (κ3) is 3.81. The van der Waals surface area contributed by atoms with E-state index < -0.39 is 0 Å². The number of aromatic nitrogens is 3. The Balaban J connectivity index is 1.56. The van der Waals surface area contributed by atoms with Crippen LogP contribution in [0.2, 0.25) is 0 Å². The largest absolute Gasteiger partial charge is 0.353 e. The smallest absolute Gasteiger partial charge is 0.283 e. The number of carbonyl (C=O) groups excluding carboxylic acids is 1. The summed E-state index contributed by atoms with van der Waals surface area (Å²) >= 11 is 1.32. The number of carbonyl (C=O) groups is 1. The van der Waals surface area contributed by atoms with Crippen molar-refractivity contribution in [1.82, 2.24) is 19.4 Å². The Hall–Kier alpha value is -3.06. The van der Waals surface area contributed by atoms with Crippen LogP contribution in [0.15, 0.2) is 64.5 Å². The van der Waals surface area contributed by atoms with E-state index in [1.807, 2.05) is 66.2 Å². The Bertz CT molecular complexity index is 1340. The molecule has 0 spiro atoms. The fraction of sp³-hybridized carbons (Fsp3) is 0.320. The van der Waals surface area contributed by atoms with Gasteiger partial charge in [0, 0.05) is 18.5 Å². The predicted octanol–water partition coefficient (Wildman–Crippen LogP) is 4.42. The number of fused-ring (bicyclic) bond motifs is 3. The second-order valence-electron chi connectivity index (χ2n) is 8.33. The summed E-state index contributed by atoms with van der Waals surface area (Å²) in [4.78, 5) is 31.2. The number of hydrogen-bond donors (Lipinski definition) is 1. The first-order valence-electron chi connectivity index (χ1n) is 11.1. The van der Waals surface area contributed by atoms with Crippen LogP contribution >= 0.6 is 11.8 Å². The average Bonchev–Trinajstić information content (AvgIpc) is 3.11. The highest BCUT2D eigenvalue weighted by atomic mass is 32.2. The Morgan fingerprint density at radius 2 is 1.78 bits per heavy atom. The Kier molecular flexibility index (Phi) is 5.74. The molecule has 1 aliphatic rings. The number of aryl methyl sites for hydroxylation is 1. The molecule has 0 saturated heterocycles. The lowest BCUT2D eigenvalue weighted by Crippen LogP contribution is -2.37. The van der Waals surface area contributed by atoms with Crippen molar-refractivity contribution in [2.24, 2.45) is 7.05 Å². The van der Waals surface area contributed by atoms with Gasteiger partial charge in [-0.1, -0.05) is 67.4 Å². The van der Waals surface area contributed by atoms with Crippen molar-refractivity contribution in [3.05, 3.63) is 65.0 Å². The van der Waals surface area contributed by atoms with Crippen LogP contribution in [0.25, 0.3) is 27.6 Å². The molecule has 2 heterocycles. The minimum atomic E-state index is -0.130. The first kappa shape index (κ1) is 20.8. The summed E-state index contributed by atoms with van der Waals surface area (Å²) in [6, 6.07) is 17.7. The van der Waals surface area contributed by atoms with Gasteiger partial charge in [-0.15, -0.1) is 0 Å². The molecule has 0 bridgehead atoms. The van der Waals surface area contributed by atoms with Crippen molar-refractivity contribution in [2.45, 2.75) is 43.3 Å². The summed E-state index contributed by atoms with van der Waals surface area (Å²) in [5, 5.41) is 4.63. The van der Waals surface area contributed by atoms with E-state index in [4.69, 9.17) is 4.98 Å². The van der Waals surface area contributed by atoms with Gasteiger partial charge in [-0.3, -0.25) is 14.2 Å². The van der Waals surface area contributed by atoms with Gasteiger partial charge in [-0.05, 0) is 31.0 Å². The lowest BCUT2D eigenvalue weighted by molar-refractivity contribution is -0.119. The van der Waals surface area contributed by atoms with Gasteiger partial charge in [-0.25, -0.2) is 4.98 Å². The first-order chi connectivity index (χ1) is 15.6. The zero-order valence-corrected chi connectivity index (χ0v) is 18.9. The summed E-state index contributed by atoms with van der Waals surface area (Å²) in [6.07, 6.45) is 5.69.